The highest BCUT2D eigenvalue weighted by molar-refractivity contribution is 5.97. The number of benzene rings is 1. The van der Waals surface area contributed by atoms with Gasteiger partial charge in [0.1, 0.15) is 6.04 Å². The molecule has 29 heavy (non-hydrogen) atoms. The number of esters is 1. The van der Waals surface area contributed by atoms with Gasteiger partial charge in [-0.1, -0.05) is 0 Å². The molecular weight excluding hydrogens is 411 g/mol. The molecule has 1 amide bonds. The average molecular weight is 424 g/mol. The number of nitro benzene ring substituents is 1. The van der Waals surface area contributed by atoms with Crippen LogP contribution in [0.15, 0.2) is 18.2 Å². The molecule has 0 bridgehead atoms. The van der Waals surface area contributed by atoms with Crippen LogP contribution in [-0.4, -0.2) is 48.7 Å². The normalized spacial score (nSPS) is 12.4. The molecule has 1 rings (SSSR count). The van der Waals surface area contributed by atoms with Gasteiger partial charge in [0.05, 0.1) is 12.0 Å². The van der Waals surface area contributed by atoms with E-state index in [2.05, 4.69) is 20.7 Å². The average Bonchev–Trinajstić information content (AvgIpc) is 2.64. The van der Waals surface area contributed by atoms with Crippen molar-refractivity contribution in [3.05, 3.63) is 33.9 Å². The first-order valence-corrected chi connectivity index (χ1v) is 7.52. The van der Waals surface area contributed by atoms with Gasteiger partial charge >= 0.3 is 23.8 Å². The van der Waals surface area contributed by atoms with E-state index in [1.807, 2.05) is 0 Å². The third-order valence-electron chi connectivity index (χ3n) is 3.36. The van der Waals surface area contributed by atoms with E-state index in [9.17, 15) is 41.7 Å². The molecule has 0 fully saturated rings. The lowest BCUT2D eigenvalue weighted by molar-refractivity contribution is -0.386. The summed E-state index contributed by atoms with van der Waals surface area (Å²) in [5.74, 6) is -6.12. The molecule has 0 unspecified atom stereocenters. The summed E-state index contributed by atoms with van der Waals surface area (Å²) in [5.41, 5.74) is -1.38. The first kappa shape index (κ1) is 23.6. The van der Waals surface area contributed by atoms with Crippen molar-refractivity contribution in [3.63, 3.8) is 0 Å². The van der Waals surface area contributed by atoms with E-state index in [0.29, 0.717) is 12.1 Å². The van der Waals surface area contributed by atoms with E-state index in [1.165, 1.54) is 0 Å². The Bertz CT molecular complexity index is 834. The van der Waals surface area contributed by atoms with Crippen molar-refractivity contribution in [2.75, 3.05) is 13.7 Å². The Hall–Kier alpha value is -3.43. The summed E-state index contributed by atoms with van der Waals surface area (Å²) in [4.78, 5) is 33.6. The van der Waals surface area contributed by atoms with Crippen molar-refractivity contribution in [1.29, 1.82) is 0 Å². The van der Waals surface area contributed by atoms with E-state index in [-0.39, 0.29) is 6.42 Å². The number of alkyl halides is 5. The zero-order chi connectivity index (χ0) is 22.4. The molecule has 13 heteroatoms. The van der Waals surface area contributed by atoms with Gasteiger partial charge in [-0.2, -0.15) is 22.0 Å². The topological polar surface area (TPSA) is 108 Å². The van der Waals surface area contributed by atoms with Crippen molar-refractivity contribution in [2.45, 2.75) is 24.6 Å². The fraction of sp³-hybridized carbons (Fsp3) is 0.375. The molecule has 1 N–H and O–H groups in total. The van der Waals surface area contributed by atoms with Gasteiger partial charge in [0.25, 0.3) is 5.91 Å². The summed E-state index contributed by atoms with van der Waals surface area (Å²) in [6.07, 6.45) is -1.15. The van der Waals surface area contributed by atoms with Gasteiger partial charge in [0.15, 0.2) is 12.4 Å². The zero-order valence-electron chi connectivity index (χ0n) is 14.6. The van der Waals surface area contributed by atoms with E-state index in [0.717, 1.165) is 13.2 Å². The molecule has 0 aliphatic rings. The Morgan fingerprint density at radius 1 is 1.31 bits per heavy atom. The van der Waals surface area contributed by atoms with Crippen LogP contribution in [0, 0.1) is 22.5 Å². The summed E-state index contributed by atoms with van der Waals surface area (Å²) in [7, 11) is 1.02. The predicted molar refractivity (Wildman–Crippen MR) is 86.3 cm³/mol. The Labute approximate surface area is 160 Å². The fourth-order valence-corrected chi connectivity index (χ4v) is 1.87. The second kappa shape index (κ2) is 9.18. The summed E-state index contributed by atoms with van der Waals surface area (Å²) < 4.78 is 71.5. The number of nitrogens with one attached hydrogen (secondary N) is 1. The van der Waals surface area contributed by atoms with Crippen LogP contribution < -0.4 is 10.1 Å². The van der Waals surface area contributed by atoms with Crippen molar-refractivity contribution in [2.24, 2.45) is 0 Å². The van der Waals surface area contributed by atoms with Crippen LogP contribution in [0.4, 0.5) is 27.6 Å². The number of carbonyl (C=O) groups is 2. The number of carbonyl (C=O) groups excluding carboxylic acids is 2. The number of ether oxygens (including phenoxy) is 2. The standard InChI is InChI=1S/C16H13F5N2O6/c1-3-4-10(14(25)28-2)22-13(24)9-5-6-11(23(26)27)12(7-9)29-8-15(17,18)16(19,20)21/h1,5-7,10H,4,8H2,2H3,(H,22,24)/t10-/m0/s1. The monoisotopic (exact) mass is 424 g/mol. The highest BCUT2D eigenvalue weighted by Gasteiger charge is 2.58. The minimum absolute atomic E-state index is 0.271. The van der Waals surface area contributed by atoms with Crippen LogP contribution in [0.3, 0.4) is 0 Å². The van der Waals surface area contributed by atoms with Crippen LogP contribution in [0.2, 0.25) is 0 Å². The largest absolute Gasteiger partial charge is 0.480 e. The van der Waals surface area contributed by atoms with Gasteiger partial charge in [-0.3, -0.25) is 14.9 Å². The van der Waals surface area contributed by atoms with Gasteiger partial charge in [0, 0.05) is 24.1 Å². The Morgan fingerprint density at radius 2 is 1.93 bits per heavy atom. The highest BCUT2D eigenvalue weighted by Crippen LogP contribution is 2.37. The molecular formula is C16H13F5N2O6. The first-order valence-electron chi connectivity index (χ1n) is 7.52. The maximum Gasteiger partial charge on any atom is 0.456 e. The Balaban J connectivity index is 3.14. The summed E-state index contributed by atoms with van der Waals surface area (Å²) in [6.45, 7) is -2.25. The minimum Gasteiger partial charge on any atom is -0.480 e. The van der Waals surface area contributed by atoms with Crippen LogP contribution >= 0.6 is 0 Å². The third kappa shape index (κ3) is 6.03. The van der Waals surface area contributed by atoms with Crippen LogP contribution in [0.25, 0.3) is 0 Å². The number of amides is 1. The Morgan fingerprint density at radius 3 is 2.41 bits per heavy atom. The quantitative estimate of drug-likeness (QED) is 0.226. The molecule has 0 heterocycles. The molecule has 158 valence electrons. The maximum absolute atomic E-state index is 13.0. The molecule has 1 atom stereocenters. The lowest BCUT2D eigenvalue weighted by Crippen LogP contribution is -2.42. The number of methoxy groups -OCH3 is 1. The van der Waals surface area contributed by atoms with Crippen LogP contribution in [0.1, 0.15) is 16.8 Å². The van der Waals surface area contributed by atoms with Gasteiger partial charge in [-0.05, 0) is 6.07 Å². The van der Waals surface area contributed by atoms with Gasteiger partial charge in [-0.15, -0.1) is 12.3 Å². The molecule has 0 aliphatic carbocycles. The first-order chi connectivity index (χ1) is 13.3. The summed E-state index contributed by atoms with van der Waals surface area (Å²) in [6, 6.07) is 0.854. The van der Waals surface area contributed by atoms with Gasteiger partial charge < -0.3 is 14.8 Å². The molecule has 1 aromatic carbocycles. The van der Waals surface area contributed by atoms with E-state index in [1.54, 1.807) is 0 Å². The second-order valence-corrected chi connectivity index (χ2v) is 5.39. The second-order valence-electron chi connectivity index (χ2n) is 5.39. The molecule has 0 saturated heterocycles. The molecule has 0 spiro atoms. The number of rotatable bonds is 8. The predicted octanol–water partition coefficient (Wildman–Crippen LogP) is 2.47. The van der Waals surface area contributed by atoms with E-state index >= 15 is 0 Å². The smallest absolute Gasteiger partial charge is 0.456 e. The summed E-state index contributed by atoms with van der Waals surface area (Å²) in [5, 5.41) is 13.1. The number of nitrogens with zero attached hydrogens (tertiary/aromatic N) is 1. The Kier molecular flexibility index (Phi) is 7.47. The molecule has 0 aliphatic heterocycles. The third-order valence-corrected chi connectivity index (χ3v) is 3.36. The lowest BCUT2D eigenvalue weighted by atomic mass is 10.1. The number of hydrogen-bond donors (Lipinski definition) is 1. The lowest BCUT2D eigenvalue weighted by Gasteiger charge is -2.20. The molecule has 8 nitrogen and oxygen atoms in total. The van der Waals surface area contributed by atoms with E-state index in [4.69, 9.17) is 6.42 Å². The van der Waals surface area contributed by atoms with Crippen molar-refractivity contribution >= 4 is 17.6 Å². The molecule has 0 saturated carbocycles. The van der Waals surface area contributed by atoms with Crippen molar-refractivity contribution in [1.82, 2.24) is 5.32 Å². The number of hydrogen-bond acceptors (Lipinski definition) is 6. The number of halogens is 5. The zero-order valence-corrected chi connectivity index (χ0v) is 14.6. The SMILES string of the molecule is C#CC[C@H](NC(=O)c1ccc([N+](=O)[O-])c(OCC(F)(F)C(F)(F)F)c1)C(=O)OC. The highest BCUT2D eigenvalue weighted by atomic mass is 19.4. The van der Waals surface area contributed by atoms with E-state index < -0.39 is 58.5 Å². The maximum atomic E-state index is 13.0. The number of nitro groups is 1. The molecule has 1 aromatic rings. The van der Waals surface area contributed by atoms with Crippen LogP contribution in [0.5, 0.6) is 5.75 Å². The van der Waals surface area contributed by atoms with Gasteiger partial charge in [-0.25, -0.2) is 4.79 Å². The summed E-state index contributed by atoms with van der Waals surface area (Å²) >= 11 is 0. The fourth-order valence-electron chi connectivity index (χ4n) is 1.87. The van der Waals surface area contributed by atoms with Crippen molar-refractivity contribution in [3.8, 4) is 18.1 Å². The number of terminal acetylenes is 1. The minimum atomic E-state index is -5.94. The molecule has 0 radical (unpaired) electrons. The molecule has 0 aromatic heterocycles. The van der Waals surface area contributed by atoms with Crippen LogP contribution in [-0.2, 0) is 9.53 Å². The van der Waals surface area contributed by atoms with Gasteiger partial charge in [0.2, 0.25) is 0 Å². The van der Waals surface area contributed by atoms with Crippen molar-refractivity contribution < 1.29 is 45.9 Å².